The Kier molecular flexibility index (Phi) is 3.66. The second kappa shape index (κ2) is 4.57. The molecule has 64 valence electrons. The minimum atomic E-state index is -1.07. The third-order valence-electron chi connectivity index (χ3n) is 1.77. The first-order valence-corrected chi connectivity index (χ1v) is 6.19. The molecule has 0 amide bonds. The molecule has 1 unspecified atom stereocenters. The first kappa shape index (κ1) is 8.81. The van der Waals surface area contributed by atoms with E-state index in [1.54, 1.807) is 0 Å². The summed E-state index contributed by atoms with van der Waals surface area (Å²) in [6, 6.07) is 1.23. The summed E-state index contributed by atoms with van der Waals surface area (Å²) in [5.74, 6) is 0. The molecule has 1 aliphatic heterocycles. The third kappa shape index (κ3) is 2.34. The van der Waals surface area contributed by atoms with Crippen molar-refractivity contribution in [3.63, 3.8) is 0 Å². The molecule has 0 aromatic carbocycles. The predicted molar refractivity (Wildman–Crippen MR) is 47.9 cm³/mol. The molecule has 11 heavy (non-hydrogen) atoms. The second-order valence-corrected chi connectivity index (χ2v) is 5.02. The number of ether oxygens (including phenoxy) is 1. The van der Waals surface area contributed by atoms with Crippen molar-refractivity contribution in [2.75, 3.05) is 13.2 Å². The molecular formula is C8H16O2Si. The summed E-state index contributed by atoms with van der Waals surface area (Å²) in [4.78, 5) is 0. The van der Waals surface area contributed by atoms with Gasteiger partial charge >= 0.3 is 0 Å². The van der Waals surface area contributed by atoms with Gasteiger partial charge in [0, 0.05) is 6.61 Å². The Hall–Kier alpha value is -0.283. The van der Waals surface area contributed by atoms with Crippen molar-refractivity contribution in [1.29, 1.82) is 0 Å². The zero-order valence-corrected chi connectivity index (χ0v) is 8.45. The minimum Gasteiger partial charge on any atom is -0.501 e. The maximum absolute atomic E-state index is 5.61. The maximum atomic E-state index is 5.61. The van der Waals surface area contributed by atoms with Gasteiger partial charge in [0.2, 0.25) is 9.04 Å². The van der Waals surface area contributed by atoms with Crippen molar-refractivity contribution >= 4 is 9.04 Å². The topological polar surface area (TPSA) is 18.5 Å². The highest BCUT2D eigenvalue weighted by Crippen LogP contribution is 2.20. The van der Waals surface area contributed by atoms with Crippen molar-refractivity contribution in [1.82, 2.24) is 0 Å². The van der Waals surface area contributed by atoms with Gasteiger partial charge in [0.05, 0.1) is 12.0 Å². The maximum Gasteiger partial charge on any atom is 0.247 e. The van der Waals surface area contributed by atoms with Gasteiger partial charge in [-0.1, -0.05) is 0 Å². The lowest BCUT2D eigenvalue weighted by Gasteiger charge is -2.12. The van der Waals surface area contributed by atoms with Crippen LogP contribution in [0.15, 0.2) is 11.5 Å². The Morgan fingerprint density at radius 1 is 1.45 bits per heavy atom. The number of hydrogen-bond donors (Lipinski definition) is 0. The largest absolute Gasteiger partial charge is 0.501 e. The Morgan fingerprint density at radius 2 is 2.27 bits per heavy atom. The monoisotopic (exact) mass is 172 g/mol. The molecule has 3 heteroatoms. The Bertz CT molecular complexity index is 145. The third-order valence-corrected chi connectivity index (χ3v) is 4.40. The fraction of sp³-hybridized carbons (Fsp3) is 0.750. The van der Waals surface area contributed by atoms with Gasteiger partial charge in [-0.2, -0.15) is 0 Å². The fourth-order valence-electron chi connectivity index (χ4n) is 1.34. The lowest BCUT2D eigenvalue weighted by Crippen LogP contribution is -2.19. The highest BCUT2D eigenvalue weighted by atomic mass is 28.3. The number of rotatable bonds is 4. The lowest BCUT2D eigenvalue weighted by molar-refractivity contribution is 0.235. The van der Waals surface area contributed by atoms with E-state index in [0.717, 1.165) is 19.6 Å². The molecule has 1 atom stereocenters. The Morgan fingerprint density at radius 3 is 2.91 bits per heavy atom. The van der Waals surface area contributed by atoms with Crippen LogP contribution in [0.25, 0.3) is 0 Å². The Balaban J connectivity index is 2.35. The van der Waals surface area contributed by atoms with Crippen LogP contribution >= 0.6 is 0 Å². The van der Waals surface area contributed by atoms with Crippen LogP contribution in [0.1, 0.15) is 20.3 Å². The van der Waals surface area contributed by atoms with Crippen LogP contribution in [0.4, 0.5) is 0 Å². The van der Waals surface area contributed by atoms with Gasteiger partial charge in [-0.3, -0.25) is 0 Å². The quantitative estimate of drug-likeness (QED) is 0.600. The van der Waals surface area contributed by atoms with Crippen LogP contribution in [0.2, 0.25) is 6.04 Å². The summed E-state index contributed by atoms with van der Waals surface area (Å²) in [5.41, 5.74) is 0. The molecule has 0 N–H and O–H groups in total. The van der Waals surface area contributed by atoms with E-state index in [-0.39, 0.29) is 0 Å². The summed E-state index contributed by atoms with van der Waals surface area (Å²) in [7, 11) is -1.07. The minimum absolute atomic E-state index is 0.780. The normalized spacial score (nSPS) is 23.5. The summed E-state index contributed by atoms with van der Waals surface area (Å²) in [6.45, 7) is 5.69. The summed E-state index contributed by atoms with van der Waals surface area (Å²) in [5, 5.41) is 1.18. The van der Waals surface area contributed by atoms with E-state index in [4.69, 9.17) is 9.16 Å². The molecule has 0 saturated carbocycles. The van der Waals surface area contributed by atoms with Gasteiger partial charge < -0.3 is 9.16 Å². The van der Waals surface area contributed by atoms with Gasteiger partial charge in [0.1, 0.15) is 0 Å². The van der Waals surface area contributed by atoms with E-state index in [0.29, 0.717) is 0 Å². The standard InChI is InChI=1S/C8H16O2Si/c1-3-9-8-6-5-7-11(8)10-4-2/h6,11H,3-5,7H2,1-2H3. The van der Waals surface area contributed by atoms with Crippen LogP contribution in [-0.2, 0) is 9.16 Å². The molecule has 0 aromatic rings. The van der Waals surface area contributed by atoms with E-state index in [1.165, 1.54) is 11.4 Å². The number of allylic oxidation sites excluding steroid dienone is 1. The highest BCUT2D eigenvalue weighted by Gasteiger charge is 2.22. The molecule has 1 aliphatic rings. The summed E-state index contributed by atoms with van der Waals surface area (Å²) in [6.07, 6.45) is 3.35. The van der Waals surface area contributed by atoms with E-state index >= 15 is 0 Å². The van der Waals surface area contributed by atoms with E-state index < -0.39 is 9.04 Å². The van der Waals surface area contributed by atoms with Crippen LogP contribution < -0.4 is 0 Å². The van der Waals surface area contributed by atoms with Gasteiger partial charge in [-0.15, -0.1) is 0 Å². The van der Waals surface area contributed by atoms with Crippen molar-refractivity contribution in [2.45, 2.75) is 26.3 Å². The van der Waals surface area contributed by atoms with Crippen molar-refractivity contribution in [3.8, 4) is 0 Å². The van der Waals surface area contributed by atoms with Crippen LogP contribution in [0.5, 0.6) is 0 Å². The smallest absolute Gasteiger partial charge is 0.247 e. The average molecular weight is 172 g/mol. The van der Waals surface area contributed by atoms with Crippen molar-refractivity contribution in [3.05, 3.63) is 11.5 Å². The fourth-order valence-corrected chi connectivity index (χ4v) is 3.61. The predicted octanol–water partition coefficient (Wildman–Crippen LogP) is 1.61. The Labute approximate surface area is 69.9 Å². The van der Waals surface area contributed by atoms with E-state index in [2.05, 4.69) is 13.0 Å². The first-order chi connectivity index (χ1) is 5.38. The average Bonchev–Trinajstić information content (AvgIpc) is 2.39. The molecule has 1 heterocycles. The molecule has 0 fully saturated rings. The summed E-state index contributed by atoms with van der Waals surface area (Å²) < 4.78 is 11.1. The molecular weight excluding hydrogens is 156 g/mol. The molecule has 2 nitrogen and oxygen atoms in total. The zero-order chi connectivity index (χ0) is 8.10. The van der Waals surface area contributed by atoms with Crippen LogP contribution in [0.3, 0.4) is 0 Å². The molecule has 1 rings (SSSR count). The highest BCUT2D eigenvalue weighted by molar-refractivity contribution is 6.60. The molecule has 0 aliphatic carbocycles. The SMILES string of the molecule is CCOC1=CCC[SiH]1OCC. The molecule has 0 aromatic heterocycles. The molecule has 0 bridgehead atoms. The van der Waals surface area contributed by atoms with Gasteiger partial charge in [-0.05, 0) is 32.4 Å². The van der Waals surface area contributed by atoms with Gasteiger partial charge in [-0.25, -0.2) is 0 Å². The van der Waals surface area contributed by atoms with Crippen molar-refractivity contribution < 1.29 is 9.16 Å². The van der Waals surface area contributed by atoms with Crippen LogP contribution in [-0.4, -0.2) is 22.3 Å². The van der Waals surface area contributed by atoms with E-state index in [9.17, 15) is 0 Å². The van der Waals surface area contributed by atoms with Crippen LogP contribution in [0, 0.1) is 0 Å². The number of hydrogen-bond acceptors (Lipinski definition) is 2. The van der Waals surface area contributed by atoms with Gasteiger partial charge in [0.15, 0.2) is 0 Å². The van der Waals surface area contributed by atoms with E-state index in [1.807, 2.05) is 6.92 Å². The first-order valence-electron chi connectivity index (χ1n) is 4.33. The van der Waals surface area contributed by atoms with Gasteiger partial charge in [0.25, 0.3) is 0 Å². The van der Waals surface area contributed by atoms with Crippen molar-refractivity contribution in [2.24, 2.45) is 0 Å². The molecule has 0 radical (unpaired) electrons. The zero-order valence-electron chi connectivity index (χ0n) is 7.30. The molecule has 0 saturated heterocycles. The summed E-state index contributed by atoms with van der Waals surface area (Å²) >= 11 is 0. The molecule has 0 spiro atoms. The lowest BCUT2D eigenvalue weighted by atomic mass is 10.5. The second-order valence-electron chi connectivity index (χ2n) is 2.56.